The van der Waals surface area contributed by atoms with Crippen molar-refractivity contribution in [3.05, 3.63) is 47.0 Å². The molecule has 1 aliphatic heterocycles. The summed E-state index contributed by atoms with van der Waals surface area (Å²) in [6.45, 7) is 8.03. The molecule has 3 atom stereocenters. The summed E-state index contributed by atoms with van der Waals surface area (Å²) in [5.74, 6) is 1.58. The van der Waals surface area contributed by atoms with Gasteiger partial charge in [0.1, 0.15) is 6.54 Å². The Labute approximate surface area is 160 Å². The predicted octanol–water partition coefficient (Wildman–Crippen LogP) is 3.64. The fourth-order valence-corrected chi connectivity index (χ4v) is 5.67. The van der Waals surface area contributed by atoms with Crippen LogP contribution in [0.2, 0.25) is 0 Å². The molecule has 1 saturated heterocycles. The first-order valence-electron chi connectivity index (χ1n) is 10.2. The molecule has 0 radical (unpaired) electrons. The van der Waals surface area contributed by atoms with Crippen molar-refractivity contribution in [3.8, 4) is 0 Å². The van der Waals surface area contributed by atoms with Gasteiger partial charge in [0.25, 0.3) is 0 Å². The molecule has 3 heterocycles. The van der Waals surface area contributed by atoms with E-state index in [1.807, 2.05) is 16.9 Å². The minimum Gasteiger partial charge on any atom is -0.334 e. The molecule has 27 heavy (non-hydrogen) atoms. The second-order valence-corrected chi connectivity index (χ2v) is 9.10. The van der Waals surface area contributed by atoms with E-state index in [1.54, 1.807) is 6.20 Å². The number of carbonyl (C=O) groups excluding carboxylic acids is 1. The van der Waals surface area contributed by atoms with Crippen LogP contribution in [0.1, 0.15) is 67.6 Å². The van der Waals surface area contributed by atoms with Gasteiger partial charge >= 0.3 is 0 Å². The summed E-state index contributed by atoms with van der Waals surface area (Å²) in [4.78, 5) is 19.5. The van der Waals surface area contributed by atoms with Crippen molar-refractivity contribution in [1.29, 1.82) is 0 Å². The molecular formula is C22H28N4O. The van der Waals surface area contributed by atoms with E-state index in [0.29, 0.717) is 17.9 Å². The highest BCUT2D eigenvalue weighted by Crippen LogP contribution is 2.70. The quantitative estimate of drug-likeness (QED) is 0.835. The van der Waals surface area contributed by atoms with E-state index >= 15 is 0 Å². The lowest BCUT2D eigenvalue weighted by atomic mass is 9.96. The zero-order chi connectivity index (χ0) is 18.8. The molecule has 2 aliphatic carbocycles. The smallest absolute Gasteiger partial charge is 0.244 e. The molecule has 3 aliphatic rings. The number of pyridine rings is 1. The Kier molecular flexibility index (Phi) is 3.72. The molecule has 5 rings (SSSR count). The summed E-state index contributed by atoms with van der Waals surface area (Å²) >= 11 is 0. The highest BCUT2D eigenvalue weighted by atomic mass is 16.2. The third-order valence-electron chi connectivity index (χ3n) is 7.24. The maximum Gasteiger partial charge on any atom is 0.244 e. The molecule has 2 aromatic rings. The lowest BCUT2D eigenvalue weighted by Gasteiger charge is -2.36. The number of likely N-dealkylation sites (tertiary alicyclic amines) is 1. The van der Waals surface area contributed by atoms with Crippen molar-refractivity contribution in [2.45, 2.75) is 65.0 Å². The molecule has 1 amide bonds. The van der Waals surface area contributed by atoms with Gasteiger partial charge in [-0.15, -0.1) is 0 Å². The topological polar surface area (TPSA) is 51.0 Å². The Bertz CT molecular complexity index is 885. The van der Waals surface area contributed by atoms with Crippen LogP contribution in [-0.4, -0.2) is 32.1 Å². The fourth-order valence-electron chi connectivity index (χ4n) is 5.67. The highest BCUT2D eigenvalue weighted by Gasteiger charge is 2.63. The number of hydrogen-bond acceptors (Lipinski definition) is 3. The third kappa shape index (κ3) is 2.54. The van der Waals surface area contributed by atoms with E-state index in [2.05, 4.69) is 36.7 Å². The summed E-state index contributed by atoms with van der Waals surface area (Å²) < 4.78 is 2.00. The van der Waals surface area contributed by atoms with E-state index in [4.69, 9.17) is 5.10 Å². The van der Waals surface area contributed by atoms with Gasteiger partial charge in [-0.25, -0.2) is 0 Å². The van der Waals surface area contributed by atoms with Gasteiger partial charge in [-0.2, -0.15) is 5.10 Å². The van der Waals surface area contributed by atoms with Gasteiger partial charge in [-0.05, 0) is 61.5 Å². The number of hydrogen-bond donors (Lipinski definition) is 0. The summed E-state index contributed by atoms with van der Waals surface area (Å²) in [7, 11) is 0. The van der Waals surface area contributed by atoms with Gasteiger partial charge < -0.3 is 4.90 Å². The predicted molar refractivity (Wildman–Crippen MR) is 103 cm³/mol. The van der Waals surface area contributed by atoms with E-state index in [1.165, 1.54) is 11.3 Å². The number of aryl methyl sites for hydroxylation is 1. The maximum atomic E-state index is 13.2. The average molecular weight is 364 g/mol. The summed E-state index contributed by atoms with van der Waals surface area (Å²) in [5, 5.41) is 4.76. The van der Waals surface area contributed by atoms with Crippen molar-refractivity contribution in [2.24, 2.45) is 11.3 Å². The van der Waals surface area contributed by atoms with Crippen LogP contribution in [0.4, 0.5) is 0 Å². The monoisotopic (exact) mass is 364 g/mol. The number of piperidine rings is 1. The SMILES string of the molecule is Cc1nn(CC(=O)N2CCCC[C@@H]2c2cccnc2)c2c1[C@H]1[C@H](C2)C1(C)C. The van der Waals surface area contributed by atoms with Gasteiger partial charge in [0.15, 0.2) is 0 Å². The Balaban J connectivity index is 1.38. The number of amides is 1. The van der Waals surface area contributed by atoms with Crippen LogP contribution in [-0.2, 0) is 17.8 Å². The molecule has 0 unspecified atom stereocenters. The Morgan fingerprint density at radius 3 is 2.96 bits per heavy atom. The van der Waals surface area contributed by atoms with Gasteiger partial charge in [-0.3, -0.25) is 14.5 Å². The standard InChI is InChI=1S/C22H28N4O/c1-14-20-18(11-16-21(20)22(16,2)3)26(24-14)13-19(27)25-10-5-4-8-17(25)15-7-6-9-23-12-15/h6-7,9,12,16-17,21H,4-5,8,10-11,13H2,1-3H3/t16-,17+,21+/m0/s1. The molecule has 2 fully saturated rings. The van der Waals surface area contributed by atoms with Crippen molar-refractivity contribution in [2.75, 3.05) is 6.54 Å². The van der Waals surface area contributed by atoms with Crippen LogP contribution in [0, 0.1) is 18.3 Å². The van der Waals surface area contributed by atoms with Crippen LogP contribution < -0.4 is 0 Å². The first-order valence-corrected chi connectivity index (χ1v) is 10.2. The molecule has 5 heteroatoms. The van der Waals surface area contributed by atoms with Gasteiger partial charge in [0, 0.05) is 30.2 Å². The number of aromatic nitrogens is 3. The molecule has 0 N–H and O–H groups in total. The zero-order valence-corrected chi connectivity index (χ0v) is 16.5. The van der Waals surface area contributed by atoms with E-state index in [9.17, 15) is 4.79 Å². The van der Waals surface area contributed by atoms with Crippen LogP contribution in [0.5, 0.6) is 0 Å². The van der Waals surface area contributed by atoms with Crippen molar-refractivity contribution in [1.82, 2.24) is 19.7 Å². The molecular weight excluding hydrogens is 336 g/mol. The Morgan fingerprint density at radius 1 is 1.33 bits per heavy atom. The minimum absolute atomic E-state index is 0.150. The Hall–Kier alpha value is -2.17. The number of rotatable bonds is 3. The number of carbonyl (C=O) groups is 1. The van der Waals surface area contributed by atoms with Crippen molar-refractivity contribution < 1.29 is 4.79 Å². The summed E-state index contributed by atoms with van der Waals surface area (Å²) in [5.41, 5.74) is 5.42. The molecule has 5 nitrogen and oxygen atoms in total. The minimum atomic E-state index is 0.150. The number of nitrogens with zero attached hydrogens (tertiary/aromatic N) is 4. The molecule has 0 aromatic carbocycles. The normalized spacial score (nSPS) is 28.0. The lowest BCUT2D eigenvalue weighted by Crippen LogP contribution is -2.40. The largest absolute Gasteiger partial charge is 0.334 e. The first kappa shape index (κ1) is 17.0. The zero-order valence-electron chi connectivity index (χ0n) is 16.5. The summed E-state index contributed by atoms with van der Waals surface area (Å²) in [6, 6.07) is 4.20. The van der Waals surface area contributed by atoms with Crippen LogP contribution in [0.15, 0.2) is 24.5 Å². The van der Waals surface area contributed by atoms with Crippen LogP contribution >= 0.6 is 0 Å². The van der Waals surface area contributed by atoms with Crippen molar-refractivity contribution in [3.63, 3.8) is 0 Å². The average Bonchev–Trinajstić information content (AvgIpc) is 3.00. The number of fused-ring (bicyclic) bond motifs is 3. The van der Waals surface area contributed by atoms with E-state index in [0.717, 1.165) is 49.4 Å². The van der Waals surface area contributed by atoms with Crippen molar-refractivity contribution >= 4 is 5.91 Å². The lowest BCUT2D eigenvalue weighted by molar-refractivity contribution is -0.136. The second-order valence-electron chi connectivity index (χ2n) is 9.10. The van der Waals surface area contributed by atoms with Gasteiger partial charge in [0.2, 0.25) is 5.91 Å². The molecule has 2 aromatic heterocycles. The summed E-state index contributed by atoms with van der Waals surface area (Å²) in [6.07, 6.45) is 8.04. The first-order chi connectivity index (χ1) is 13.0. The second kappa shape index (κ2) is 5.91. The molecule has 142 valence electrons. The van der Waals surface area contributed by atoms with E-state index < -0.39 is 0 Å². The maximum absolute atomic E-state index is 13.2. The molecule has 0 bridgehead atoms. The molecule has 0 spiro atoms. The van der Waals surface area contributed by atoms with E-state index in [-0.39, 0.29) is 11.9 Å². The van der Waals surface area contributed by atoms with Gasteiger partial charge in [-0.1, -0.05) is 19.9 Å². The van der Waals surface area contributed by atoms with Gasteiger partial charge in [0.05, 0.1) is 11.7 Å². The molecule has 1 saturated carbocycles. The fraction of sp³-hybridized carbons (Fsp3) is 0.591. The van der Waals surface area contributed by atoms with Crippen LogP contribution in [0.3, 0.4) is 0 Å². The third-order valence-corrected chi connectivity index (χ3v) is 7.24. The van der Waals surface area contributed by atoms with Crippen LogP contribution in [0.25, 0.3) is 0 Å². The highest BCUT2D eigenvalue weighted by molar-refractivity contribution is 5.77. The Morgan fingerprint density at radius 2 is 2.19 bits per heavy atom.